The van der Waals surface area contributed by atoms with E-state index in [1.165, 1.54) is 22.8 Å². The third-order valence-electron chi connectivity index (χ3n) is 2.49. The van der Waals surface area contributed by atoms with E-state index >= 15 is 0 Å². The quantitative estimate of drug-likeness (QED) is 0.891. The minimum atomic E-state index is -4.00. The summed E-state index contributed by atoms with van der Waals surface area (Å²) in [6.45, 7) is 0.522. The number of sulfonamides is 1. The maximum atomic E-state index is 13.4. The van der Waals surface area contributed by atoms with Crippen molar-refractivity contribution in [3.05, 3.63) is 46.2 Å². The summed E-state index contributed by atoms with van der Waals surface area (Å²) in [6.07, 6.45) is 0. The maximum Gasteiger partial charge on any atom is 0.262 e. The van der Waals surface area contributed by atoms with Gasteiger partial charge in [-0.3, -0.25) is 4.72 Å². The number of halogens is 2. The average molecular weight is 318 g/mol. The van der Waals surface area contributed by atoms with Crippen LogP contribution in [-0.2, 0) is 16.6 Å². The highest BCUT2D eigenvalue weighted by molar-refractivity contribution is 7.92. The van der Waals surface area contributed by atoms with Gasteiger partial charge in [-0.25, -0.2) is 17.2 Å². The standard InChI is InChI=1S/C12H12F2N2O2S2/c1-15-6-8-5-9(7-19-8)20(17,18)16-12-10(13)3-2-4-11(12)14/h2-5,7,15-16H,6H2,1H3. The minimum absolute atomic E-state index is 0.0181. The SMILES string of the molecule is CNCc1cc(S(=O)(=O)Nc2c(F)cccc2F)cs1. The maximum absolute atomic E-state index is 13.4. The molecule has 0 amide bonds. The van der Waals surface area contributed by atoms with Crippen LogP contribution < -0.4 is 10.0 Å². The summed E-state index contributed by atoms with van der Waals surface area (Å²) in [5, 5.41) is 4.32. The van der Waals surface area contributed by atoms with Crippen LogP contribution in [0.4, 0.5) is 14.5 Å². The molecule has 0 bridgehead atoms. The van der Waals surface area contributed by atoms with Crippen molar-refractivity contribution in [2.75, 3.05) is 11.8 Å². The summed E-state index contributed by atoms with van der Waals surface area (Å²) in [5.74, 6) is -1.92. The Bertz CT molecular complexity index is 694. The Hall–Kier alpha value is -1.51. The van der Waals surface area contributed by atoms with Crippen molar-refractivity contribution in [1.29, 1.82) is 0 Å². The third-order valence-corrected chi connectivity index (χ3v) is 4.91. The summed E-state index contributed by atoms with van der Waals surface area (Å²) < 4.78 is 53.0. The van der Waals surface area contributed by atoms with Crippen LogP contribution in [-0.4, -0.2) is 15.5 Å². The predicted octanol–water partition coefficient (Wildman–Crippen LogP) is 2.55. The van der Waals surface area contributed by atoms with E-state index in [0.717, 1.165) is 23.1 Å². The van der Waals surface area contributed by atoms with Crippen molar-refractivity contribution in [3.8, 4) is 0 Å². The Kier molecular flexibility index (Phi) is 4.36. The zero-order chi connectivity index (χ0) is 14.8. The topological polar surface area (TPSA) is 58.2 Å². The third kappa shape index (κ3) is 3.14. The molecule has 2 aromatic rings. The Labute approximate surface area is 119 Å². The van der Waals surface area contributed by atoms with Crippen molar-refractivity contribution in [1.82, 2.24) is 5.32 Å². The van der Waals surface area contributed by atoms with Gasteiger partial charge < -0.3 is 5.32 Å². The van der Waals surface area contributed by atoms with Crippen LogP contribution in [0.15, 0.2) is 34.5 Å². The van der Waals surface area contributed by atoms with Gasteiger partial charge >= 0.3 is 0 Å². The fourth-order valence-corrected chi connectivity index (χ4v) is 3.92. The lowest BCUT2D eigenvalue weighted by molar-refractivity contribution is 0.583. The van der Waals surface area contributed by atoms with Gasteiger partial charge in [0, 0.05) is 16.8 Å². The largest absolute Gasteiger partial charge is 0.315 e. The molecule has 0 fully saturated rings. The van der Waals surface area contributed by atoms with E-state index < -0.39 is 27.3 Å². The van der Waals surface area contributed by atoms with E-state index in [0.29, 0.717) is 6.54 Å². The van der Waals surface area contributed by atoms with E-state index in [9.17, 15) is 17.2 Å². The van der Waals surface area contributed by atoms with Gasteiger partial charge in [-0.05, 0) is 25.2 Å². The van der Waals surface area contributed by atoms with Crippen LogP contribution in [0.25, 0.3) is 0 Å². The van der Waals surface area contributed by atoms with Gasteiger partial charge in [0.2, 0.25) is 0 Å². The first-order valence-electron chi connectivity index (χ1n) is 5.63. The van der Waals surface area contributed by atoms with E-state index in [-0.39, 0.29) is 4.90 Å². The monoisotopic (exact) mass is 318 g/mol. The highest BCUT2D eigenvalue weighted by atomic mass is 32.2. The van der Waals surface area contributed by atoms with E-state index in [2.05, 4.69) is 5.32 Å². The lowest BCUT2D eigenvalue weighted by Gasteiger charge is -2.08. The van der Waals surface area contributed by atoms with Gasteiger partial charge in [0.1, 0.15) is 17.3 Å². The van der Waals surface area contributed by atoms with Crippen molar-refractivity contribution < 1.29 is 17.2 Å². The molecule has 108 valence electrons. The fourth-order valence-electron chi connectivity index (χ4n) is 1.56. The van der Waals surface area contributed by atoms with Gasteiger partial charge in [0.05, 0.1) is 4.90 Å². The molecule has 0 atom stereocenters. The highest BCUT2D eigenvalue weighted by Crippen LogP contribution is 2.25. The lowest BCUT2D eigenvalue weighted by atomic mass is 10.3. The Morgan fingerprint density at radius 1 is 1.25 bits per heavy atom. The Morgan fingerprint density at radius 2 is 1.90 bits per heavy atom. The van der Waals surface area contributed by atoms with E-state index in [4.69, 9.17) is 0 Å². The minimum Gasteiger partial charge on any atom is -0.315 e. The molecule has 0 spiro atoms. The van der Waals surface area contributed by atoms with Gasteiger partial charge in [0.25, 0.3) is 10.0 Å². The summed E-state index contributed by atoms with van der Waals surface area (Å²) >= 11 is 1.25. The second-order valence-corrected chi connectivity index (χ2v) is 6.66. The number of hydrogen-bond acceptors (Lipinski definition) is 4. The molecule has 0 aliphatic rings. The number of benzene rings is 1. The van der Waals surface area contributed by atoms with E-state index in [1.807, 2.05) is 4.72 Å². The molecule has 1 aromatic heterocycles. The van der Waals surface area contributed by atoms with Gasteiger partial charge in [0.15, 0.2) is 0 Å². The molecule has 0 unspecified atom stereocenters. The van der Waals surface area contributed by atoms with Gasteiger partial charge in [-0.2, -0.15) is 0 Å². The molecular formula is C12H12F2N2O2S2. The van der Waals surface area contributed by atoms with Gasteiger partial charge in [-0.15, -0.1) is 11.3 Å². The number of para-hydroxylation sites is 1. The van der Waals surface area contributed by atoms with Crippen LogP contribution in [0.1, 0.15) is 4.88 Å². The van der Waals surface area contributed by atoms with Crippen molar-refractivity contribution >= 4 is 27.0 Å². The molecule has 2 N–H and O–H groups in total. The number of thiophene rings is 1. The number of hydrogen-bond donors (Lipinski definition) is 2. The van der Waals surface area contributed by atoms with Crippen LogP contribution in [0.2, 0.25) is 0 Å². The first-order chi connectivity index (χ1) is 9.44. The fraction of sp³-hybridized carbons (Fsp3) is 0.167. The lowest BCUT2D eigenvalue weighted by Crippen LogP contribution is -2.14. The van der Waals surface area contributed by atoms with Crippen LogP contribution >= 0.6 is 11.3 Å². The summed E-state index contributed by atoms with van der Waals surface area (Å²) in [6, 6.07) is 4.60. The normalized spacial score (nSPS) is 11.6. The number of rotatable bonds is 5. The molecule has 4 nitrogen and oxygen atoms in total. The molecule has 1 aromatic carbocycles. The molecule has 1 heterocycles. The smallest absolute Gasteiger partial charge is 0.262 e. The molecular weight excluding hydrogens is 306 g/mol. The van der Waals surface area contributed by atoms with Gasteiger partial charge in [-0.1, -0.05) is 6.07 Å². The first-order valence-corrected chi connectivity index (χ1v) is 7.99. The average Bonchev–Trinajstić information content (AvgIpc) is 2.84. The van der Waals surface area contributed by atoms with Crippen LogP contribution in [0.3, 0.4) is 0 Å². The first kappa shape index (κ1) is 14.9. The second-order valence-electron chi connectivity index (χ2n) is 3.98. The van der Waals surface area contributed by atoms with Crippen molar-refractivity contribution in [2.24, 2.45) is 0 Å². The molecule has 2 rings (SSSR count). The van der Waals surface area contributed by atoms with Crippen LogP contribution in [0, 0.1) is 11.6 Å². The summed E-state index contributed by atoms with van der Waals surface area (Å²) in [4.78, 5) is 0.789. The highest BCUT2D eigenvalue weighted by Gasteiger charge is 2.20. The zero-order valence-corrected chi connectivity index (χ0v) is 12.1. The molecule has 0 radical (unpaired) electrons. The second kappa shape index (κ2) is 5.86. The number of nitrogens with one attached hydrogen (secondary N) is 2. The Morgan fingerprint density at radius 3 is 2.50 bits per heavy atom. The molecule has 0 saturated carbocycles. The summed E-state index contributed by atoms with van der Waals surface area (Å²) in [5.41, 5.74) is -0.672. The summed E-state index contributed by atoms with van der Waals surface area (Å²) in [7, 11) is -2.27. The molecule has 8 heteroatoms. The Balaban J connectivity index is 2.31. The molecule has 0 saturated heterocycles. The predicted molar refractivity (Wildman–Crippen MR) is 74.2 cm³/mol. The number of anilines is 1. The van der Waals surface area contributed by atoms with Crippen molar-refractivity contribution in [2.45, 2.75) is 11.4 Å². The molecule has 0 aliphatic heterocycles. The van der Waals surface area contributed by atoms with Crippen LogP contribution in [0.5, 0.6) is 0 Å². The molecule has 0 aliphatic carbocycles. The zero-order valence-electron chi connectivity index (χ0n) is 10.5. The van der Waals surface area contributed by atoms with E-state index in [1.54, 1.807) is 7.05 Å². The van der Waals surface area contributed by atoms with Crippen molar-refractivity contribution in [3.63, 3.8) is 0 Å². The molecule has 20 heavy (non-hydrogen) atoms.